The average molecular weight is 337 g/mol. The van der Waals surface area contributed by atoms with Gasteiger partial charge in [0.1, 0.15) is 4.90 Å². The lowest BCUT2D eigenvalue weighted by molar-refractivity contribution is -0.00515. The lowest BCUT2D eigenvalue weighted by Crippen LogP contribution is -2.40. The van der Waals surface area contributed by atoms with Gasteiger partial charge in [-0.05, 0) is 42.8 Å². The molecule has 0 saturated heterocycles. The predicted octanol–water partition coefficient (Wildman–Crippen LogP) is 1.94. The number of halogens is 1. The lowest BCUT2D eigenvalue weighted by atomic mass is 10.1. The number of ether oxygens (including phenoxy) is 1. The van der Waals surface area contributed by atoms with Gasteiger partial charge in [-0.25, -0.2) is 13.1 Å². The van der Waals surface area contributed by atoms with Crippen molar-refractivity contribution in [2.45, 2.75) is 31.3 Å². The van der Waals surface area contributed by atoms with Crippen LogP contribution in [0.2, 0.25) is 0 Å². The van der Waals surface area contributed by atoms with Crippen molar-refractivity contribution in [1.29, 1.82) is 0 Å². The number of rotatable bonds is 6. The Bertz CT molecular complexity index is 503. The molecule has 0 radical (unpaired) electrons. The first-order valence-corrected chi connectivity index (χ1v) is 7.78. The Hall–Kier alpha value is -0.500. The molecule has 1 heterocycles. The average Bonchev–Trinajstić information content (AvgIpc) is 2.27. The van der Waals surface area contributed by atoms with E-state index in [0.29, 0.717) is 11.1 Å². The Balaban J connectivity index is 2.78. The van der Waals surface area contributed by atoms with Gasteiger partial charge in [0, 0.05) is 30.0 Å². The fourth-order valence-electron chi connectivity index (χ4n) is 1.33. The minimum atomic E-state index is -3.56. The summed E-state index contributed by atoms with van der Waals surface area (Å²) in [7, 11) is -3.56. The first-order chi connectivity index (χ1) is 8.27. The third-order valence-electron chi connectivity index (χ3n) is 2.21. The molecule has 5 nitrogen and oxygen atoms in total. The summed E-state index contributed by atoms with van der Waals surface area (Å²) >= 11 is 3.19. The second-order valence-electron chi connectivity index (χ2n) is 4.36. The molecule has 1 N–H and O–H groups in total. The van der Waals surface area contributed by atoms with E-state index in [1.807, 2.05) is 20.8 Å². The number of nitrogens with one attached hydrogen (secondary N) is 1. The highest BCUT2D eigenvalue weighted by Crippen LogP contribution is 2.15. The second-order valence-corrected chi connectivity index (χ2v) is 7.04. The molecule has 1 aromatic rings. The quantitative estimate of drug-likeness (QED) is 0.861. The van der Waals surface area contributed by atoms with Crippen molar-refractivity contribution in [1.82, 2.24) is 9.71 Å². The van der Waals surface area contributed by atoms with E-state index >= 15 is 0 Å². The van der Waals surface area contributed by atoms with Crippen LogP contribution in [0.1, 0.15) is 20.8 Å². The third kappa shape index (κ3) is 4.64. The van der Waals surface area contributed by atoms with Crippen molar-refractivity contribution in [3.05, 3.63) is 22.9 Å². The number of nitrogens with zero attached hydrogens (tertiary/aromatic N) is 1. The largest absolute Gasteiger partial charge is 0.375 e. The van der Waals surface area contributed by atoms with Crippen molar-refractivity contribution in [2.75, 3.05) is 13.2 Å². The van der Waals surface area contributed by atoms with E-state index < -0.39 is 15.6 Å². The highest BCUT2D eigenvalue weighted by molar-refractivity contribution is 9.10. The molecule has 0 atom stereocenters. The van der Waals surface area contributed by atoms with Crippen molar-refractivity contribution in [3.63, 3.8) is 0 Å². The van der Waals surface area contributed by atoms with E-state index in [-0.39, 0.29) is 11.4 Å². The van der Waals surface area contributed by atoms with Gasteiger partial charge >= 0.3 is 0 Å². The van der Waals surface area contributed by atoms with Crippen LogP contribution in [0.15, 0.2) is 27.8 Å². The smallest absolute Gasteiger partial charge is 0.242 e. The Labute approximate surface area is 116 Å². The van der Waals surface area contributed by atoms with Gasteiger partial charge in [-0.2, -0.15) is 0 Å². The third-order valence-corrected chi connectivity index (χ3v) is 4.01. The van der Waals surface area contributed by atoms with Gasteiger partial charge in [0.25, 0.3) is 0 Å². The van der Waals surface area contributed by atoms with Gasteiger partial charge in [0.05, 0.1) is 5.60 Å². The Morgan fingerprint density at radius 2 is 2.11 bits per heavy atom. The molecule has 102 valence electrons. The van der Waals surface area contributed by atoms with Crippen LogP contribution in [-0.4, -0.2) is 32.2 Å². The number of sulfonamides is 1. The molecule has 0 fully saturated rings. The molecule has 0 saturated carbocycles. The standard InChI is InChI=1S/C11H17BrN2O3S/c1-4-17-11(2,3)8-14-18(15,16)10-5-9(12)6-13-7-10/h5-7,14H,4,8H2,1-3H3. The maximum atomic E-state index is 12.0. The van der Waals surface area contributed by atoms with Gasteiger partial charge in [-0.15, -0.1) is 0 Å². The molecule has 0 aliphatic carbocycles. The normalized spacial score (nSPS) is 12.7. The van der Waals surface area contributed by atoms with Crippen molar-refractivity contribution in [3.8, 4) is 0 Å². The fraction of sp³-hybridized carbons (Fsp3) is 0.545. The number of pyridine rings is 1. The van der Waals surface area contributed by atoms with Crippen LogP contribution in [-0.2, 0) is 14.8 Å². The molecule has 18 heavy (non-hydrogen) atoms. The first kappa shape index (κ1) is 15.6. The molecule has 0 aliphatic rings. The van der Waals surface area contributed by atoms with Crippen molar-refractivity contribution < 1.29 is 13.2 Å². The highest BCUT2D eigenvalue weighted by atomic mass is 79.9. The Morgan fingerprint density at radius 1 is 1.44 bits per heavy atom. The van der Waals surface area contributed by atoms with Crippen molar-refractivity contribution in [2.24, 2.45) is 0 Å². The molecule has 0 spiro atoms. The van der Waals surface area contributed by atoms with Crippen LogP contribution in [0, 0.1) is 0 Å². The maximum Gasteiger partial charge on any atom is 0.242 e. The Morgan fingerprint density at radius 3 is 2.67 bits per heavy atom. The lowest BCUT2D eigenvalue weighted by Gasteiger charge is -2.24. The van der Waals surface area contributed by atoms with Crippen LogP contribution in [0.3, 0.4) is 0 Å². The first-order valence-electron chi connectivity index (χ1n) is 5.51. The van der Waals surface area contributed by atoms with E-state index in [1.165, 1.54) is 18.5 Å². The highest BCUT2D eigenvalue weighted by Gasteiger charge is 2.22. The van der Waals surface area contributed by atoms with E-state index in [1.54, 1.807) is 0 Å². The molecular formula is C11H17BrN2O3S. The molecule has 0 unspecified atom stereocenters. The van der Waals surface area contributed by atoms with Crippen LogP contribution in [0.5, 0.6) is 0 Å². The monoisotopic (exact) mass is 336 g/mol. The summed E-state index contributed by atoms with van der Waals surface area (Å²) in [5.41, 5.74) is -0.540. The molecule has 0 bridgehead atoms. The summed E-state index contributed by atoms with van der Waals surface area (Å²) in [4.78, 5) is 3.96. The van der Waals surface area contributed by atoms with Gasteiger partial charge < -0.3 is 4.74 Å². The summed E-state index contributed by atoms with van der Waals surface area (Å²) < 4.78 is 32.6. The number of hydrogen-bond acceptors (Lipinski definition) is 4. The van der Waals surface area contributed by atoms with Gasteiger partial charge in [0.2, 0.25) is 10.0 Å². The topological polar surface area (TPSA) is 68.3 Å². The second kappa shape index (κ2) is 6.10. The summed E-state index contributed by atoms with van der Waals surface area (Å²) in [6.07, 6.45) is 2.84. The summed E-state index contributed by atoms with van der Waals surface area (Å²) in [5, 5.41) is 0. The zero-order valence-corrected chi connectivity index (χ0v) is 13.0. The fourth-order valence-corrected chi connectivity index (χ4v) is 3.04. The van der Waals surface area contributed by atoms with Gasteiger partial charge in [-0.3, -0.25) is 4.98 Å². The molecule has 1 rings (SSSR count). The van der Waals surface area contributed by atoms with Crippen LogP contribution in [0.4, 0.5) is 0 Å². The maximum absolute atomic E-state index is 12.0. The predicted molar refractivity (Wildman–Crippen MR) is 72.8 cm³/mol. The van der Waals surface area contributed by atoms with Crippen LogP contribution < -0.4 is 4.72 Å². The summed E-state index contributed by atoms with van der Waals surface area (Å²) in [6, 6.07) is 1.50. The zero-order chi connectivity index (χ0) is 13.8. The molecular weight excluding hydrogens is 320 g/mol. The van der Waals surface area contributed by atoms with E-state index in [2.05, 4.69) is 25.6 Å². The van der Waals surface area contributed by atoms with Gasteiger partial charge in [-0.1, -0.05) is 0 Å². The van der Waals surface area contributed by atoms with E-state index in [4.69, 9.17) is 4.74 Å². The minimum absolute atomic E-state index is 0.129. The van der Waals surface area contributed by atoms with Gasteiger partial charge in [0.15, 0.2) is 0 Å². The number of hydrogen-bond donors (Lipinski definition) is 1. The summed E-state index contributed by atoms with van der Waals surface area (Å²) in [5.74, 6) is 0. The van der Waals surface area contributed by atoms with Crippen LogP contribution in [0.25, 0.3) is 0 Å². The summed E-state index contributed by atoms with van der Waals surface area (Å²) in [6.45, 7) is 6.27. The molecule has 0 aliphatic heterocycles. The zero-order valence-electron chi connectivity index (χ0n) is 10.6. The molecule has 0 amide bonds. The number of aromatic nitrogens is 1. The molecule has 0 aromatic carbocycles. The minimum Gasteiger partial charge on any atom is -0.375 e. The molecule has 1 aromatic heterocycles. The van der Waals surface area contributed by atoms with E-state index in [0.717, 1.165) is 0 Å². The van der Waals surface area contributed by atoms with Crippen molar-refractivity contribution >= 4 is 26.0 Å². The SMILES string of the molecule is CCOC(C)(C)CNS(=O)(=O)c1cncc(Br)c1. The van der Waals surface area contributed by atoms with E-state index in [9.17, 15) is 8.42 Å². The molecule has 7 heteroatoms. The van der Waals surface area contributed by atoms with Crippen LogP contribution >= 0.6 is 15.9 Å². The Kier molecular flexibility index (Phi) is 5.27.